The molecule has 4 nitrogen and oxygen atoms in total. The van der Waals surface area contributed by atoms with E-state index in [2.05, 4.69) is 4.98 Å². The van der Waals surface area contributed by atoms with Gasteiger partial charge in [0.1, 0.15) is 5.75 Å². The Labute approximate surface area is 112 Å². The van der Waals surface area contributed by atoms with Crippen LogP contribution < -0.4 is 16.0 Å². The summed E-state index contributed by atoms with van der Waals surface area (Å²) in [6.45, 7) is 4.74. The first kappa shape index (κ1) is 13.4. The van der Waals surface area contributed by atoms with E-state index < -0.39 is 0 Å². The van der Waals surface area contributed by atoms with E-state index in [9.17, 15) is 4.79 Å². The van der Waals surface area contributed by atoms with Crippen LogP contribution in [0.3, 0.4) is 0 Å². The Kier molecular flexibility index (Phi) is 4.02. The van der Waals surface area contributed by atoms with Crippen molar-refractivity contribution >= 4 is 0 Å². The average Bonchev–Trinajstić information content (AvgIpc) is 2.39. The lowest BCUT2D eigenvalue weighted by atomic mass is 10.1. The first-order valence-electron chi connectivity index (χ1n) is 6.31. The second kappa shape index (κ2) is 5.71. The van der Waals surface area contributed by atoms with Crippen molar-refractivity contribution in [3.8, 4) is 17.0 Å². The number of hydrogen-bond acceptors (Lipinski definition) is 3. The summed E-state index contributed by atoms with van der Waals surface area (Å²) in [4.78, 5) is 14.7. The van der Waals surface area contributed by atoms with Gasteiger partial charge < -0.3 is 15.5 Å². The molecule has 0 bridgehead atoms. The third-order valence-corrected chi connectivity index (χ3v) is 3.04. The molecule has 0 aliphatic carbocycles. The summed E-state index contributed by atoms with van der Waals surface area (Å²) in [5.74, 6) is 0.823. The number of benzene rings is 1. The molecule has 0 radical (unpaired) electrons. The number of aromatic amines is 1. The maximum absolute atomic E-state index is 11.9. The number of ether oxygens (including phenoxy) is 1. The van der Waals surface area contributed by atoms with Gasteiger partial charge in [-0.2, -0.15) is 0 Å². The molecule has 3 N–H and O–H groups in total. The van der Waals surface area contributed by atoms with Gasteiger partial charge in [0.05, 0.1) is 6.61 Å². The fraction of sp³-hybridized carbons (Fsp3) is 0.267. The topological polar surface area (TPSA) is 68.1 Å². The molecule has 19 heavy (non-hydrogen) atoms. The molecule has 1 aromatic heterocycles. The molecule has 0 unspecified atom stereocenters. The van der Waals surface area contributed by atoms with Crippen molar-refractivity contribution in [3.63, 3.8) is 0 Å². The maximum atomic E-state index is 11.9. The van der Waals surface area contributed by atoms with Crippen LogP contribution in [0.1, 0.15) is 18.1 Å². The van der Waals surface area contributed by atoms with Crippen LogP contribution in [-0.2, 0) is 6.54 Å². The van der Waals surface area contributed by atoms with E-state index in [1.54, 1.807) is 0 Å². The smallest absolute Gasteiger partial charge is 0.253 e. The largest absolute Gasteiger partial charge is 0.494 e. The average molecular weight is 258 g/mol. The third-order valence-electron chi connectivity index (χ3n) is 3.04. The standard InChI is InChI=1S/C15H18N2O2/c1-3-19-12-6-4-11(5-7-12)14-8-10(2)13(9-16)15(18)17-14/h4-8H,3,9,16H2,1-2H3,(H,17,18). The zero-order chi connectivity index (χ0) is 13.8. The van der Waals surface area contributed by atoms with Crippen LogP contribution >= 0.6 is 0 Å². The second-order valence-corrected chi connectivity index (χ2v) is 4.34. The number of pyridine rings is 1. The predicted molar refractivity (Wildman–Crippen MR) is 76.3 cm³/mol. The van der Waals surface area contributed by atoms with E-state index in [4.69, 9.17) is 10.5 Å². The molecule has 1 aromatic carbocycles. The predicted octanol–water partition coefficient (Wildman–Crippen LogP) is 2.21. The van der Waals surface area contributed by atoms with Gasteiger partial charge in [0, 0.05) is 17.8 Å². The van der Waals surface area contributed by atoms with Gasteiger partial charge in [0.15, 0.2) is 0 Å². The van der Waals surface area contributed by atoms with Crippen molar-refractivity contribution in [1.29, 1.82) is 0 Å². The zero-order valence-corrected chi connectivity index (χ0v) is 11.2. The molecule has 0 amide bonds. The van der Waals surface area contributed by atoms with Gasteiger partial charge in [0.25, 0.3) is 5.56 Å². The van der Waals surface area contributed by atoms with Gasteiger partial charge >= 0.3 is 0 Å². The van der Waals surface area contributed by atoms with Crippen LogP contribution in [0.5, 0.6) is 5.75 Å². The van der Waals surface area contributed by atoms with Crippen molar-refractivity contribution in [3.05, 3.63) is 51.8 Å². The van der Waals surface area contributed by atoms with Crippen LogP contribution in [0.4, 0.5) is 0 Å². The number of H-pyrrole nitrogens is 1. The van der Waals surface area contributed by atoms with Crippen molar-refractivity contribution in [2.24, 2.45) is 5.73 Å². The van der Waals surface area contributed by atoms with Crippen molar-refractivity contribution in [1.82, 2.24) is 4.98 Å². The number of hydrogen-bond donors (Lipinski definition) is 2. The minimum absolute atomic E-state index is 0.119. The highest BCUT2D eigenvalue weighted by Crippen LogP contribution is 2.21. The molecule has 2 rings (SSSR count). The van der Waals surface area contributed by atoms with Crippen molar-refractivity contribution in [2.45, 2.75) is 20.4 Å². The Morgan fingerprint density at radius 1 is 1.26 bits per heavy atom. The van der Waals surface area contributed by atoms with E-state index in [-0.39, 0.29) is 12.1 Å². The first-order chi connectivity index (χ1) is 9.15. The van der Waals surface area contributed by atoms with Gasteiger partial charge in [-0.15, -0.1) is 0 Å². The molecule has 4 heteroatoms. The lowest BCUT2D eigenvalue weighted by Gasteiger charge is -2.08. The Morgan fingerprint density at radius 2 is 1.95 bits per heavy atom. The second-order valence-electron chi connectivity index (χ2n) is 4.34. The quantitative estimate of drug-likeness (QED) is 0.883. The van der Waals surface area contributed by atoms with Gasteiger partial charge in [-0.25, -0.2) is 0 Å². The molecular weight excluding hydrogens is 240 g/mol. The zero-order valence-electron chi connectivity index (χ0n) is 11.2. The minimum atomic E-state index is -0.119. The molecule has 1 heterocycles. The number of aryl methyl sites for hydroxylation is 1. The molecule has 0 atom stereocenters. The number of aromatic nitrogens is 1. The van der Waals surface area contributed by atoms with Crippen LogP contribution in [0.15, 0.2) is 35.1 Å². The summed E-state index contributed by atoms with van der Waals surface area (Å²) in [6, 6.07) is 9.58. The molecule has 0 aliphatic rings. The lowest BCUT2D eigenvalue weighted by Crippen LogP contribution is -2.18. The fourth-order valence-electron chi connectivity index (χ4n) is 2.02. The van der Waals surface area contributed by atoms with Gasteiger partial charge in [0.2, 0.25) is 0 Å². The first-order valence-corrected chi connectivity index (χ1v) is 6.31. The van der Waals surface area contributed by atoms with Crippen LogP contribution in [0, 0.1) is 6.92 Å². The summed E-state index contributed by atoms with van der Waals surface area (Å²) in [6.07, 6.45) is 0. The third kappa shape index (κ3) is 2.85. The lowest BCUT2D eigenvalue weighted by molar-refractivity contribution is 0.340. The van der Waals surface area contributed by atoms with E-state index >= 15 is 0 Å². The molecule has 100 valence electrons. The maximum Gasteiger partial charge on any atom is 0.253 e. The summed E-state index contributed by atoms with van der Waals surface area (Å²) in [5, 5.41) is 0. The molecule has 0 aliphatic heterocycles. The Bertz CT molecular complexity index is 615. The van der Waals surface area contributed by atoms with E-state index in [1.165, 1.54) is 0 Å². The summed E-state index contributed by atoms with van der Waals surface area (Å²) < 4.78 is 5.39. The molecule has 2 aromatic rings. The van der Waals surface area contributed by atoms with Crippen LogP contribution in [0.2, 0.25) is 0 Å². The Hall–Kier alpha value is -2.07. The highest BCUT2D eigenvalue weighted by Gasteiger charge is 2.06. The molecule has 0 saturated carbocycles. The van der Waals surface area contributed by atoms with Gasteiger partial charge in [-0.3, -0.25) is 4.79 Å². The Morgan fingerprint density at radius 3 is 2.47 bits per heavy atom. The highest BCUT2D eigenvalue weighted by molar-refractivity contribution is 5.61. The molecule has 0 fully saturated rings. The van der Waals surface area contributed by atoms with E-state index in [0.29, 0.717) is 12.2 Å². The van der Waals surface area contributed by atoms with Gasteiger partial charge in [-0.05, 0) is 55.3 Å². The normalized spacial score (nSPS) is 10.5. The SMILES string of the molecule is CCOc1ccc(-c2cc(C)c(CN)c(=O)[nH]2)cc1. The fourth-order valence-corrected chi connectivity index (χ4v) is 2.02. The Balaban J connectivity index is 2.39. The number of rotatable bonds is 4. The highest BCUT2D eigenvalue weighted by atomic mass is 16.5. The van der Waals surface area contributed by atoms with Crippen molar-refractivity contribution < 1.29 is 4.74 Å². The van der Waals surface area contributed by atoms with E-state index in [0.717, 1.165) is 22.6 Å². The van der Waals surface area contributed by atoms with E-state index in [1.807, 2.05) is 44.2 Å². The summed E-state index contributed by atoms with van der Waals surface area (Å²) in [7, 11) is 0. The van der Waals surface area contributed by atoms with Gasteiger partial charge in [-0.1, -0.05) is 0 Å². The summed E-state index contributed by atoms with van der Waals surface area (Å²) >= 11 is 0. The summed E-state index contributed by atoms with van der Waals surface area (Å²) in [5.41, 5.74) is 8.73. The molecular formula is C15H18N2O2. The van der Waals surface area contributed by atoms with Crippen molar-refractivity contribution in [2.75, 3.05) is 6.61 Å². The van der Waals surface area contributed by atoms with Crippen LogP contribution in [-0.4, -0.2) is 11.6 Å². The molecule has 0 spiro atoms. The number of nitrogens with one attached hydrogen (secondary N) is 1. The minimum Gasteiger partial charge on any atom is -0.494 e. The monoisotopic (exact) mass is 258 g/mol. The number of nitrogens with two attached hydrogens (primary N) is 1. The molecule has 0 saturated heterocycles. The van der Waals surface area contributed by atoms with Crippen LogP contribution in [0.25, 0.3) is 11.3 Å².